The van der Waals surface area contributed by atoms with E-state index < -0.39 is 0 Å². The number of unbranched alkanes of at least 4 members (excludes halogenated alkanes) is 12. The van der Waals surface area contributed by atoms with Crippen LogP contribution in [0.15, 0.2) is 12.2 Å². The van der Waals surface area contributed by atoms with Gasteiger partial charge in [0, 0.05) is 13.0 Å². The number of amides is 1. The summed E-state index contributed by atoms with van der Waals surface area (Å²) in [7, 11) is 0. The van der Waals surface area contributed by atoms with E-state index in [2.05, 4.69) is 24.4 Å². The third-order valence-electron chi connectivity index (χ3n) is 4.49. The van der Waals surface area contributed by atoms with Crippen molar-refractivity contribution in [2.75, 3.05) is 6.54 Å². The summed E-state index contributed by atoms with van der Waals surface area (Å²) in [5.74, 6) is 0.213. The summed E-state index contributed by atoms with van der Waals surface area (Å²) in [5, 5.41) is 2.99. The molecule has 0 radical (unpaired) electrons. The second-order valence-corrected chi connectivity index (χ2v) is 7.04. The molecule has 2 heteroatoms. The standard InChI is InChI=1S/C22H43NO/c1-3-5-6-7-8-9-10-11-12-13-14-15-16-17-18-19-21-23-22(24)20-4-2/h11-12H,3-10,13-21H2,1-2H3,(H,23,24). The first-order valence-electron chi connectivity index (χ1n) is 10.7. The lowest BCUT2D eigenvalue weighted by atomic mass is 10.1. The summed E-state index contributed by atoms with van der Waals surface area (Å²) in [6.45, 7) is 5.18. The second-order valence-electron chi connectivity index (χ2n) is 7.04. The number of hydrogen-bond donors (Lipinski definition) is 1. The van der Waals surface area contributed by atoms with Crippen LogP contribution in [0.4, 0.5) is 0 Å². The minimum Gasteiger partial charge on any atom is -0.356 e. The van der Waals surface area contributed by atoms with Gasteiger partial charge in [0.25, 0.3) is 0 Å². The number of rotatable bonds is 18. The highest BCUT2D eigenvalue weighted by atomic mass is 16.1. The average molecular weight is 338 g/mol. The van der Waals surface area contributed by atoms with Gasteiger partial charge in [-0.05, 0) is 38.5 Å². The zero-order chi connectivity index (χ0) is 17.7. The molecule has 0 aliphatic heterocycles. The zero-order valence-corrected chi connectivity index (χ0v) is 16.6. The van der Waals surface area contributed by atoms with Crippen LogP contribution in [0, 0.1) is 0 Å². The summed E-state index contributed by atoms with van der Waals surface area (Å²) < 4.78 is 0. The van der Waals surface area contributed by atoms with Gasteiger partial charge in [-0.1, -0.05) is 83.8 Å². The molecule has 0 fully saturated rings. The highest BCUT2D eigenvalue weighted by Crippen LogP contribution is 2.09. The molecule has 0 saturated carbocycles. The molecular weight excluding hydrogens is 294 g/mol. The van der Waals surface area contributed by atoms with Crippen LogP contribution in [-0.2, 0) is 4.79 Å². The maximum Gasteiger partial charge on any atom is 0.219 e. The van der Waals surface area contributed by atoms with Crippen molar-refractivity contribution in [3.63, 3.8) is 0 Å². The van der Waals surface area contributed by atoms with Gasteiger partial charge >= 0.3 is 0 Å². The van der Waals surface area contributed by atoms with Crippen molar-refractivity contribution in [3.05, 3.63) is 12.2 Å². The molecule has 0 aromatic carbocycles. The molecular formula is C22H43NO. The number of hydrogen-bond acceptors (Lipinski definition) is 1. The number of allylic oxidation sites excluding steroid dienone is 2. The van der Waals surface area contributed by atoms with Gasteiger partial charge in [-0.2, -0.15) is 0 Å². The van der Waals surface area contributed by atoms with E-state index in [1.807, 2.05) is 6.92 Å². The molecule has 0 bridgehead atoms. The van der Waals surface area contributed by atoms with Gasteiger partial charge in [-0.25, -0.2) is 0 Å². The van der Waals surface area contributed by atoms with E-state index in [-0.39, 0.29) is 5.91 Å². The van der Waals surface area contributed by atoms with Crippen molar-refractivity contribution in [1.82, 2.24) is 5.32 Å². The van der Waals surface area contributed by atoms with Crippen molar-refractivity contribution in [2.24, 2.45) is 0 Å². The van der Waals surface area contributed by atoms with Crippen molar-refractivity contribution < 1.29 is 4.79 Å². The Kier molecular flexibility index (Phi) is 19.6. The van der Waals surface area contributed by atoms with Crippen molar-refractivity contribution in [1.29, 1.82) is 0 Å². The van der Waals surface area contributed by atoms with E-state index in [0.717, 1.165) is 19.4 Å². The zero-order valence-electron chi connectivity index (χ0n) is 16.6. The summed E-state index contributed by atoms with van der Waals surface area (Å²) in [5.41, 5.74) is 0. The largest absolute Gasteiger partial charge is 0.356 e. The Hall–Kier alpha value is -0.790. The van der Waals surface area contributed by atoms with Crippen LogP contribution >= 0.6 is 0 Å². The summed E-state index contributed by atoms with van der Waals surface area (Å²) >= 11 is 0. The van der Waals surface area contributed by atoms with Gasteiger partial charge in [0.15, 0.2) is 0 Å². The molecule has 1 amide bonds. The lowest BCUT2D eigenvalue weighted by Crippen LogP contribution is -2.23. The molecule has 0 aromatic rings. The van der Waals surface area contributed by atoms with Crippen molar-refractivity contribution in [3.8, 4) is 0 Å². The highest BCUT2D eigenvalue weighted by molar-refractivity contribution is 5.75. The first-order chi connectivity index (χ1) is 11.8. The van der Waals surface area contributed by atoms with E-state index in [4.69, 9.17) is 0 Å². The first kappa shape index (κ1) is 23.2. The fraction of sp³-hybridized carbons (Fsp3) is 0.864. The van der Waals surface area contributed by atoms with Gasteiger partial charge in [0.2, 0.25) is 5.91 Å². The van der Waals surface area contributed by atoms with E-state index in [1.165, 1.54) is 83.5 Å². The fourth-order valence-corrected chi connectivity index (χ4v) is 2.92. The molecule has 0 aromatic heterocycles. The lowest BCUT2D eigenvalue weighted by molar-refractivity contribution is -0.121. The second kappa shape index (κ2) is 20.3. The van der Waals surface area contributed by atoms with Gasteiger partial charge in [0.05, 0.1) is 0 Å². The topological polar surface area (TPSA) is 29.1 Å². The van der Waals surface area contributed by atoms with E-state index in [9.17, 15) is 4.79 Å². The Bertz CT molecular complexity index is 286. The highest BCUT2D eigenvalue weighted by Gasteiger charge is 1.97. The quantitative estimate of drug-likeness (QED) is 0.213. The Morgan fingerprint density at radius 1 is 0.667 bits per heavy atom. The van der Waals surface area contributed by atoms with Crippen LogP contribution in [0.3, 0.4) is 0 Å². The minimum atomic E-state index is 0.213. The Morgan fingerprint density at radius 3 is 1.71 bits per heavy atom. The maximum absolute atomic E-state index is 11.3. The molecule has 142 valence electrons. The van der Waals surface area contributed by atoms with Gasteiger partial charge in [-0.3, -0.25) is 4.79 Å². The molecule has 0 rings (SSSR count). The first-order valence-corrected chi connectivity index (χ1v) is 10.7. The molecule has 0 aliphatic carbocycles. The van der Waals surface area contributed by atoms with Gasteiger partial charge in [-0.15, -0.1) is 0 Å². The SMILES string of the molecule is CCCCCCCCC=CCCCCCCCCNC(=O)CCC. The molecule has 1 N–H and O–H groups in total. The predicted molar refractivity (Wildman–Crippen MR) is 107 cm³/mol. The summed E-state index contributed by atoms with van der Waals surface area (Å²) in [6.07, 6.45) is 25.0. The minimum absolute atomic E-state index is 0.213. The smallest absolute Gasteiger partial charge is 0.219 e. The van der Waals surface area contributed by atoms with Crippen LogP contribution < -0.4 is 5.32 Å². The van der Waals surface area contributed by atoms with E-state index >= 15 is 0 Å². The number of carbonyl (C=O) groups is 1. The molecule has 0 heterocycles. The predicted octanol–water partition coefficient (Wildman–Crippen LogP) is 6.94. The molecule has 2 nitrogen and oxygen atoms in total. The third kappa shape index (κ3) is 19.3. The summed E-state index contributed by atoms with van der Waals surface area (Å²) in [4.78, 5) is 11.3. The normalized spacial score (nSPS) is 11.2. The molecule has 0 aliphatic rings. The van der Waals surface area contributed by atoms with Crippen LogP contribution in [0.5, 0.6) is 0 Å². The van der Waals surface area contributed by atoms with Gasteiger partial charge in [0.1, 0.15) is 0 Å². The Labute approximate surface area is 151 Å². The van der Waals surface area contributed by atoms with Crippen LogP contribution in [0.1, 0.15) is 117 Å². The number of nitrogens with one attached hydrogen (secondary N) is 1. The van der Waals surface area contributed by atoms with Crippen molar-refractivity contribution in [2.45, 2.75) is 117 Å². The Morgan fingerprint density at radius 2 is 1.17 bits per heavy atom. The monoisotopic (exact) mass is 337 g/mol. The number of carbonyl (C=O) groups excluding carboxylic acids is 1. The molecule has 0 atom stereocenters. The average Bonchev–Trinajstić information content (AvgIpc) is 2.58. The fourth-order valence-electron chi connectivity index (χ4n) is 2.92. The molecule has 24 heavy (non-hydrogen) atoms. The Balaban J connectivity index is 3.11. The van der Waals surface area contributed by atoms with Crippen LogP contribution in [0.25, 0.3) is 0 Å². The van der Waals surface area contributed by atoms with E-state index in [1.54, 1.807) is 0 Å². The van der Waals surface area contributed by atoms with Crippen LogP contribution in [-0.4, -0.2) is 12.5 Å². The van der Waals surface area contributed by atoms with Crippen LogP contribution in [0.2, 0.25) is 0 Å². The summed E-state index contributed by atoms with van der Waals surface area (Å²) in [6, 6.07) is 0. The maximum atomic E-state index is 11.3. The molecule has 0 spiro atoms. The molecule has 0 unspecified atom stereocenters. The molecule has 0 saturated heterocycles. The van der Waals surface area contributed by atoms with E-state index in [0.29, 0.717) is 6.42 Å². The van der Waals surface area contributed by atoms with Gasteiger partial charge < -0.3 is 5.32 Å². The lowest BCUT2D eigenvalue weighted by Gasteiger charge is -2.04. The van der Waals surface area contributed by atoms with Crippen molar-refractivity contribution >= 4 is 5.91 Å². The third-order valence-corrected chi connectivity index (χ3v) is 4.49.